The molecule has 0 spiro atoms. The van der Waals surface area contributed by atoms with E-state index < -0.39 is 23.6 Å². The van der Waals surface area contributed by atoms with Gasteiger partial charge in [0.1, 0.15) is 11.8 Å². The fourth-order valence-electron chi connectivity index (χ4n) is 2.23. The van der Waals surface area contributed by atoms with Crippen LogP contribution < -0.4 is 5.32 Å². The Labute approximate surface area is 140 Å². The maximum atomic E-state index is 14.0. The molecule has 2 aromatic heterocycles. The predicted molar refractivity (Wildman–Crippen MR) is 87.9 cm³/mol. The van der Waals surface area contributed by atoms with Gasteiger partial charge in [-0.2, -0.15) is 8.78 Å². The molecule has 2 heterocycles. The highest BCUT2D eigenvalue weighted by Gasteiger charge is 2.42. The summed E-state index contributed by atoms with van der Waals surface area (Å²) in [5, 5.41) is 13.2. The number of pyridine rings is 1. The fourth-order valence-corrected chi connectivity index (χ4v) is 3.28. The Morgan fingerprint density at radius 3 is 2.71 bits per heavy atom. The molecule has 124 valence electrons. The minimum atomic E-state index is -3.75. The zero-order valence-corrected chi connectivity index (χ0v) is 13.3. The van der Waals surface area contributed by atoms with Gasteiger partial charge in [-0.15, -0.1) is 11.3 Å². The Kier molecular flexibility index (Phi) is 4.55. The predicted octanol–water partition coefficient (Wildman–Crippen LogP) is 3.24. The second kappa shape index (κ2) is 6.62. The van der Waals surface area contributed by atoms with Crippen LogP contribution in [0, 0.1) is 0 Å². The number of thiophene rings is 1. The molecule has 0 aliphatic carbocycles. The maximum Gasteiger partial charge on any atom is 0.366 e. The van der Waals surface area contributed by atoms with Gasteiger partial charge in [0.2, 0.25) is 0 Å². The van der Waals surface area contributed by atoms with Crippen LogP contribution in [0.2, 0.25) is 0 Å². The van der Waals surface area contributed by atoms with Crippen molar-refractivity contribution in [2.75, 3.05) is 6.54 Å². The van der Waals surface area contributed by atoms with Gasteiger partial charge in [-0.1, -0.05) is 24.3 Å². The highest BCUT2D eigenvalue weighted by molar-refractivity contribution is 7.19. The monoisotopic (exact) mass is 348 g/mol. The van der Waals surface area contributed by atoms with Crippen LogP contribution in [-0.4, -0.2) is 22.5 Å². The Balaban J connectivity index is 1.67. The third-order valence-corrected chi connectivity index (χ3v) is 4.72. The summed E-state index contributed by atoms with van der Waals surface area (Å²) in [6.07, 6.45) is 0.147. The smallest absolute Gasteiger partial charge is 0.366 e. The van der Waals surface area contributed by atoms with Crippen molar-refractivity contribution in [3.63, 3.8) is 0 Å². The molecule has 0 bridgehead atoms. The van der Waals surface area contributed by atoms with Crippen LogP contribution in [0.3, 0.4) is 0 Å². The topological polar surface area (TPSA) is 62.2 Å². The summed E-state index contributed by atoms with van der Waals surface area (Å²) in [6, 6.07) is 13.3. The number of fused-ring (bicyclic) bond motifs is 1. The van der Waals surface area contributed by atoms with Gasteiger partial charge in [0.15, 0.2) is 0 Å². The van der Waals surface area contributed by atoms with Crippen LogP contribution in [-0.2, 0) is 10.7 Å². The first-order valence-corrected chi connectivity index (χ1v) is 8.04. The van der Waals surface area contributed by atoms with Crippen molar-refractivity contribution in [2.45, 2.75) is 12.0 Å². The zero-order valence-electron chi connectivity index (χ0n) is 12.4. The molecular weight excluding hydrogens is 334 g/mol. The molecule has 0 radical (unpaired) electrons. The van der Waals surface area contributed by atoms with E-state index in [4.69, 9.17) is 0 Å². The minimum absolute atomic E-state index is 0.298. The van der Waals surface area contributed by atoms with Crippen LogP contribution in [0.4, 0.5) is 8.78 Å². The first-order chi connectivity index (χ1) is 11.5. The van der Waals surface area contributed by atoms with Gasteiger partial charge in [-0.3, -0.25) is 9.78 Å². The van der Waals surface area contributed by atoms with E-state index in [1.807, 2.05) is 24.3 Å². The Bertz CT molecular complexity index is 819. The summed E-state index contributed by atoms with van der Waals surface area (Å²) in [7, 11) is 0. The number of nitrogens with zero attached hydrogens (tertiary/aromatic N) is 1. The summed E-state index contributed by atoms with van der Waals surface area (Å²) in [5.41, 5.74) is -0.626. The normalized spacial score (nSPS) is 13.0. The maximum absolute atomic E-state index is 14.0. The van der Waals surface area contributed by atoms with Crippen LogP contribution in [0.15, 0.2) is 54.7 Å². The van der Waals surface area contributed by atoms with Crippen LogP contribution >= 0.6 is 11.3 Å². The average molecular weight is 348 g/mol. The van der Waals surface area contributed by atoms with Crippen molar-refractivity contribution in [3.8, 4) is 0 Å². The lowest BCUT2D eigenvalue weighted by Gasteiger charge is -2.16. The van der Waals surface area contributed by atoms with E-state index in [0.717, 1.165) is 16.2 Å². The first kappa shape index (κ1) is 16.5. The van der Waals surface area contributed by atoms with Crippen molar-refractivity contribution in [1.82, 2.24) is 10.3 Å². The summed E-state index contributed by atoms with van der Waals surface area (Å²) >= 11 is 1.36. The molecule has 1 aromatic carbocycles. The summed E-state index contributed by atoms with van der Waals surface area (Å²) < 4.78 is 29.0. The minimum Gasteiger partial charge on any atom is -0.386 e. The highest BCUT2D eigenvalue weighted by Crippen LogP contribution is 2.30. The Morgan fingerprint density at radius 1 is 1.25 bits per heavy atom. The van der Waals surface area contributed by atoms with E-state index in [2.05, 4.69) is 10.3 Å². The number of rotatable bonds is 5. The molecule has 1 unspecified atom stereocenters. The molecule has 0 aliphatic rings. The number of carbonyl (C=O) groups is 1. The second-order valence-corrected chi connectivity index (χ2v) is 6.32. The molecule has 0 saturated carbocycles. The number of halogens is 2. The van der Waals surface area contributed by atoms with Crippen molar-refractivity contribution < 1.29 is 18.7 Å². The molecule has 0 aliphatic heterocycles. The lowest BCUT2D eigenvalue weighted by molar-refractivity contribution is -0.148. The van der Waals surface area contributed by atoms with Crippen molar-refractivity contribution in [2.24, 2.45) is 0 Å². The van der Waals surface area contributed by atoms with Gasteiger partial charge >= 0.3 is 5.92 Å². The van der Waals surface area contributed by atoms with Crippen LogP contribution in [0.25, 0.3) is 10.1 Å². The third-order valence-electron chi connectivity index (χ3n) is 3.50. The van der Waals surface area contributed by atoms with Crippen molar-refractivity contribution in [3.05, 3.63) is 65.3 Å². The average Bonchev–Trinajstić information content (AvgIpc) is 3.04. The molecule has 1 atom stereocenters. The number of carbonyl (C=O) groups excluding carboxylic acids is 1. The Hall–Kier alpha value is -2.38. The van der Waals surface area contributed by atoms with E-state index in [1.54, 1.807) is 6.07 Å². The third kappa shape index (κ3) is 3.27. The highest BCUT2D eigenvalue weighted by atomic mass is 32.1. The van der Waals surface area contributed by atoms with Gasteiger partial charge < -0.3 is 10.4 Å². The van der Waals surface area contributed by atoms with Crippen LogP contribution in [0.1, 0.15) is 16.7 Å². The molecule has 0 saturated heterocycles. The second-order valence-electron chi connectivity index (χ2n) is 5.20. The van der Waals surface area contributed by atoms with Gasteiger partial charge in [0.05, 0.1) is 0 Å². The van der Waals surface area contributed by atoms with E-state index in [9.17, 15) is 18.7 Å². The summed E-state index contributed by atoms with van der Waals surface area (Å²) in [4.78, 5) is 15.9. The molecule has 7 heteroatoms. The molecule has 2 N–H and O–H groups in total. The van der Waals surface area contributed by atoms with Gasteiger partial charge in [0.25, 0.3) is 5.91 Å². The number of aromatic nitrogens is 1. The lowest BCUT2D eigenvalue weighted by Crippen LogP contribution is -2.40. The number of amides is 1. The van der Waals surface area contributed by atoms with Crippen molar-refractivity contribution in [1.29, 1.82) is 0 Å². The standard InChI is InChI=1S/C17H14F2N2O2S/c18-17(19,15-7-3-4-8-20-15)16(23)21-10-12(22)14-9-11-5-1-2-6-13(11)24-14/h1-9,12,22H,10H2,(H,21,23). The number of hydrogen-bond donors (Lipinski definition) is 2. The van der Waals surface area contributed by atoms with E-state index in [0.29, 0.717) is 4.88 Å². The van der Waals surface area contributed by atoms with E-state index >= 15 is 0 Å². The lowest BCUT2D eigenvalue weighted by atomic mass is 10.2. The number of aliphatic hydroxyl groups is 1. The zero-order chi connectivity index (χ0) is 17.2. The molecule has 3 rings (SSSR count). The quantitative estimate of drug-likeness (QED) is 0.744. The first-order valence-electron chi connectivity index (χ1n) is 7.22. The number of alkyl halides is 2. The fraction of sp³-hybridized carbons (Fsp3) is 0.176. The molecule has 3 aromatic rings. The number of aliphatic hydroxyl groups excluding tert-OH is 1. The SMILES string of the molecule is O=C(NCC(O)c1cc2ccccc2s1)C(F)(F)c1ccccn1. The van der Waals surface area contributed by atoms with Gasteiger partial charge in [-0.25, -0.2) is 0 Å². The van der Waals surface area contributed by atoms with Crippen molar-refractivity contribution >= 4 is 27.3 Å². The molecule has 0 fully saturated rings. The molecule has 4 nitrogen and oxygen atoms in total. The number of hydrogen-bond acceptors (Lipinski definition) is 4. The summed E-state index contributed by atoms with van der Waals surface area (Å²) in [6.45, 7) is -0.298. The number of nitrogens with one attached hydrogen (secondary N) is 1. The molecule has 24 heavy (non-hydrogen) atoms. The van der Waals surface area contributed by atoms with Gasteiger partial charge in [-0.05, 0) is 29.7 Å². The molecule has 1 amide bonds. The molecular formula is C17H14F2N2O2S. The Morgan fingerprint density at radius 2 is 2.00 bits per heavy atom. The summed E-state index contributed by atoms with van der Waals surface area (Å²) in [5.74, 6) is -5.23. The largest absolute Gasteiger partial charge is 0.386 e. The van der Waals surface area contributed by atoms with E-state index in [-0.39, 0.29) is 6.54 Å². The van der Waals surface area contributed by atoms with Gasteiger partial charge in [0, 0.05) is 22.3 Å². The van der Waals surface area contributed by atoms with E-state index in [1.165, 1.54) is 29.7 Å². The number of benzene rings is 1. The van der Waals surface area contributed by atoms with Crippen LogP contribution in [0.5, 0.6) is 0 Å².